The van der Waals surface area contributed by atoms with Crippen LogP contribution in [0.15, 0.2) is 29.4 Å². The molecule has 1 saturated heterocycles. The van der Waals surface area contributed by atoms with Gasteiger partial charge in [-0.15, -0.1) is 4.83 Å². The lowest BCUT2D eigenvalue weighted by atomic mass is 10.2. The zero-order chi connectivity index (χ0) is 14.2. The second-order valence-corrected chi connectivity index (χ2v) is 6.45. The molecule has 0 bridgehead atoms. The van der Waals surface area contributed by atoms with Gasteiger partial charge < -0.3 is 5.73 Å². The quantitative estimate of drug-likeness (QED) is 0.865. The van der Waals surface area contributed by atoms with Gasteiger partial charge in [0, 0.05) is 19.3 Å². The molecule has 0 atom stereocenters. The topological polar surface area (TPSA) is 92.7 Å². The van der Waals surface area contributed by atoms with E-state index in [1.807, 2.05) is 0 Å². The highest BCUT2D eigenvalue weighted by Crippen LogP contribution is 2.20. The molecule has 0 amide bonds. The maximum atomic E-state index is 12.5. The molecule has 0 spiro atoms. The van der Waals surface area contributed by atoms with E-state index in [4.69, 9.17) is 5.73 Å². The molecular weight excluding hydrogens is 278 g/mol. The molecule has 7 nitrogen and oxygen atoms in total. The highest BCUT2D eigenvalue weighted by atomic mass is 32.2. The first-order chi connectivity index (χ1) is 9.58. The van der Waals surface area contributed by atoms with Crippen LogP contribution in [-0.2, 0) is 10.0 Å². The van der Waals surface area contributed by atoms with E-state index in [9.17, 15) is 8.42 Å². The van der Waals surface area contributed by atoms with Crippen molar-refractivity contribution < 1.29 is 8.42 Å². The third-order valence-electron chi connectivity index (χ3n) is 3.37. The Bertz CT molecular complexity index is 719. The van der Waals surface area contributed by atoms with Crippen molar-refractivity contribution in [2.24, 2.45) is 0 Å². The molecule has 1 fully saturated rings. The van der Waals surface area contributed by atoms with Gasteiger partial charge in [0.1, 0.15) is 5.65 Å². The number of nitrogens with zero attached hydrogens (tertiary/aromatic N) is 3. The van der Waals surface area contributed by atoms with Crippen molar-refractivity contribution in [3.05, 3.63) is 24.4 Å². The summed E-state index contributed by atoms with van der Waals surface area (Å²) < 4.78 is 26.5. The predicted molar refractivity (Wildman–Crippen MR) is 75.3 cm³/mol. The number of rotatable bonds is 3. The Balaban J connectivity index is 1.98. The summed E-state index contributed by atoms with van der Waals surface area (Å²) in [6, 6.07) is 5.25. The standard InChI is InChI=1S/C12H17N5O2S/c13-11-12(17-9-5-2-6-10(17)14-11)20(18,19)15-16-7-3-1-4-8-16/h2,5-6,9,15H,1,3-4,7-8,13H2. The molecule has 3 N–H and O–H groups in total. The maximum absolute atomic E-state index is 12.5. The van der Waals surface area contributed by atoms with Crippen molar-refractivity contribution in [3.8, 4) is 0 Å². The Morgan fingerprint density at radius 1 is 1.20 bits per heavy atom. The van der Waals surface area contributed by atoms with E-state index >= 15 is 0 Å². The van der Waals surface area contributed by atoms with Gasteiger partial charge in [0.05, 0.1) is 0 Å². The Labute approximate surface area is 117 Å². The number of aromatic nitrogens is 2. The summed E-state index contributed by atoms with van der Waals surface area (Å²) in [7, 11) is -3.72. The molecule has 2 aromatic heterocycles. The third-order valence-corrected chi connectivity index (χ3v) is 4.78. The van der Waals surface area contributed by atoms with Gasteiger partial charge in [-0.3, -0.25) is 4.40 Å². The smallest absolute Gasteiger partial charge is 0.273 e. The van der Waals surface area contributed by atoms with Crippen LogP contribution in [0, 0.1) is 0 Å². The first-order valence-corrected chi connectivity index (χ1v) is 8.06. The Morgan fingerprint density at radius 3 is 2.70 bits per heavy atom. The zero-order valence-electron chi connectivity index (χ0n) is 11.0. The van der Waals surface area contributed by atoms with E-state index in [0.717, 1.165) is 32.4 Å². The maximum Gasteiger partial charge on any atom is 0.273 e. The molecule has 3 heterocycles. The fourth-order valence-corrected chi connectivity index (χ4v) is 3.80. The van der Waals surface area contributed by atoms with Crippen LogP contribution in [0.5, 0.6) is 0 Å². The number of imidazole rings is 1. The number of nitrogens with two attached hydrogens (primary N) is 1. The van der Waals surface area contributed by atoms with Crippen LogP contribution < -0.4 is 10.6 Å². The van der Waals surface area contributed by atoms with Crippen LogP contribution in [0.1, 0.15) is 19.3 Å². The minimum Gasteiger partial charge on any atom is -0.381 e. The molecule has 1 aliphatic rings. The number of anilines is 1. The van der Waals surface area contributed by atoms with E-state index in [1.165, 1.54) is 4.40 Å². The van der Waals surface area contributed by atoms with Crippen molar-refractivity contribution in [1.29, 1.82) is 0 Å². The lowest BCUT2D eigenvalue weighted by molar-refractivity contribution is 0.199. The van der Waals surface area contributed by atoms with Gasteiger partial charge in [-0.05, 0) is 25.0 Å². The minimum atomic E-state index is -3.72. The van der Waals surface area contributed by atoms with E-state index in [0.29, 0.717) is 5.65 Å². The SMILES string of the molecule is Nc1nc2ccccn2c1S(=O)(=O)NN1CCCCC1. The highest BCUT2D eigenvalue weighted by Gasteiger charge is 2.26. The Hall–Kier alpha value is -1.64. The van der Waals surface area contributed by atoms with Crippen LogP contribution in [0.25, 0.3) is 5.65 Å². The summed E-state index contributed by atoms with van der Waals surface area (Å²) in [5.41, 5.74) is 6.29. The second kappa shape index (κ2) is 5.04. The number of piperidine rings is 1. The Morgan fingerprint density at radius 2 is 1.95 bits per heavy atom. The Kier molecular flexibility index (Phi) is 3.36. The van der Waals surface area contributed by atoms with Crippen LogP contribution in [0.4, 0.5) is 5.82 Å². The second-order valence-electron chi connectivity index (χ2n) is 4.87. The van der Waals surface area contributed by atoms with Gasteiger partial charge >= 0.3 is 0 Å². The first kappa shape index (κ1) is 13.3. The molecule has 0 unspecified atom stereocenters. The summed E-state index contributed by atoms with van der Waals surface area (Å²) >= 11 is 0. The minimum absolute atomic E-state index is 0.00123. The first-order valence-electron chi connectivity index (χ1n) is 6.58. The van der Waals surface area contributed by atoms with Gasteiger partial charge in [0.15, 0.2) is 10.8 Å². The average Bonchev–Trinajstić information content (AvgIpc) is 2.75. The lowest BCUT2D eigenvalue weighted by Crippen LogP contribution is -2.45. The number of sulfonamides is 1. The molecule has 0 radical (unpaired) electrons. The van der Waals surface area contributed by atoms with E-state index < -0.39 is 10.0 Å². The molecule has 0 saturated carbocycles. The predicted octanol–water partition coefficient (Wildman–Crippen LogP) is 0.596. The van der Waals surface area contributed by atoms with Crippen molar-refractivity contribution in [3.63, 3.8) is 0 Å². The molecule has 0 aliphatic carbocycles. The van der Waals surface area contributed by atoms with E-state index in [2.05, 4.69) is 9.82 Å². The molecular formula is C12H17N5O2S. The number of hydrazine groups is 1. The lowest BCUT2D eigenvalue weighted by Gasteiger charge is -2.26. The third kappa shape index (κ3) is 2.37. The van der Waals surface area contributed by atoms with Gasteiger partial charge in [-0.25, -0.2) is 18.4 Å². The number of hydrogen-bond donors (Lipinski definition) is 2. The van der Waals surface area contributed by atoms with Crippen molar-refractivity contribution in [2.45, 2.75) is 24.3 Å². The van der Waals surface area contributed by atoms with Crippen LogP contribution in [-0.4, -0.2) is 35.9 Å². The summed E-state index contributed by atoms with van der Waals surface area (Å²) in [6.45, 7) is 1.44. The average molecular weight is 295 g/mol. The molecule has 1 aliphatic heterocycles. The highest BCUT2D eigenvalue weighted by molar-refractivity contribution is 7.89. The molecule has 20 heavy (non-hydrogen) atoms. The van der Waals surface area contributed by atoms with Gasteiger partial charge in [-0.2, -0.15) is 0 Å². The van der Waals surface area contributed by atoms with Crippen molar-refractivity contribution >= 4 is 21.5 Å². The van der Waals surface area contributed by atoms with Crippen molar-refractivity contribution in [1.82, 2.24) is 19.2 Å². The largest absolute Gasteiger partial charge is 0.381 e. The normalized spacial score (nSPS) is 17.6. The van der Waals surface area contributed by atoms with Gasteiger partial charge in [-0.1, -0.05) is 12.5 Å². The number of nitrogens with one attached hydrogen (secondary N) is 1. The summed E-state index contributed by atoms with van der Waals surface area (Å²) in [5.74, 6) is 0.0145. The fraction of sp³-hybridized carbons (Fsp3) is 0.417. The molecule has 8 heteroatoms. The van der Waals surface area contributed by atoms with Gasteiger partial charge in [0.2, 0.25) is 0 Å². The van der Waals surface area contributed by atoms with Gasteiger partial charge in [0.25, 0.3) is 10.0 Å². The number of pyridine rings is 1. The van der Waals surface area contributed by atoms with Crippen LogP contribution in [0.3, 0.4) is 0 Å². The summed E-state index contributed by atoms with van der Waals surface area (Å²) in [4.78, 5) is 6.67. The zero-order valence-corrected chi connectivity index (χ0v) is 11.8. The van der Waals surface area contributed by atoms with E-state index in [-0.39, 0.29) is 10.8 Å². The number of hydrogen-bond acceptors (Lipinski definition) is 5. The summed E-state index contributed by atoms with van der Waals surface area (Å²) in [6.07, 6.45) is 4.76. The van der Waals surface area contributed by atoms with Crippen molar-refractivity contribution in [2.75, 3.05) is 18.8 Å². The van der Waals surface area contributed by atoms with E-state index in [1.54, 1.807) is 29.4 Å². The monoisotopic (exact) mass is 295 g/mol. The van der Waals surface area contributed by atoms with Crippen LogP contribution >= 0.6 is 0 Å². The van der Waals surface area contributed by atoms with Crippen LogP contribution in [0.2, 0.25) is 0 Å². The fourth-order valence-electron chi connectivity index (χ4n) is 2.46. The number of fused-ring (bicyclic) bond motifs is 1. The summed E-state index contributed by atoms with van der Waals surface area (Å²) in [5, 5.41) is 1.72. The molecule has 108 valence electrons. The molecule has 0 aromatic carbocycles. The number of nitrogen functional groups attached to an aromatic ring is 1. The molecule has 3 rings (SSSR count). The molecule has 2 aromatic rings.